The lowest BCUT2D eigenvalue weighted by molar-refractivity contribution is 0.479. The third-order valence-corrected chi connectivity index (χ3v) is 4.34. The Bertz CT molecular complexity index is 575. The van der Waals surface area contributed by atoms with E-state index in [4.69, 9.17) is 0 Å². The summed E-state index contributed by atoms with van der Waals surface area (Å²) in [4.78, 5) is -0.640. The second-order valence-corrected chi connectivity index (χ2v) is 6.91. The van der Waals surface area contributed by atoms with Gasteiger partial charge in [-0.25, -0.2) is 21.9 Å². The molecule has 0 saturated carbocycles. The fourth-order valence-corrected chi connectivity index (χ4v) is 2.91. The van der Waals surface area contributed by atoms with Crippen molar-refractivity contribution >= 4 is 10.0 Å². The molecular weight excluding hydrogens is 298 g/mol. The molecule has 0 amide bonds. The molecule has 0 aliphatic heterocycles. The second kappa shape index (κ2) is 7.82. The maximum absolute atomic E-state index is 13.8. The molecule has 0 spiro atoms. The molecule has 1 aromatic carbocycles. The van der Waals surface area contributed by atoms with Crippen molar-refractivity contribution in [1.29, 1.82) is 0 Å². The quantitative estimate of drug-likeness (QED) is 0.724. The van der Waals surface area contributed by atoms with Crippen molar-refractivity contribution in [1.82, 2.24) is 10.0 Å². The molecule has 0 saturated heterocycles. The second-order valence-electron chi connectivity index (χ2n) is 5.18. The molecule has 0 aliphatic rings. The standard InChI is InChI=1S/C14H22F2N2O2S/c1-4-5-6-18-21(19,20)13-8-11(9-17-10(2)3)7-12(15)14(13)16/h7-8,10,17-18H,4-6,9H2,1-3H3. The Hall–Kier alpha value is -1.05. The lowest BCUT2D eigenvalue weighted by atomic mass is 10.2. The molecule has 1 rings (SSSR count). The lowest BCUT2D eigenvalue weighted by Crippen LogP contribution is -2.27. The minimum absolute atomic E-state index is 0.154. The van der Waals surface area contributed by atoms with E-state index in [0.29, 0.717) is 12.0 Å². The number of benzene rings is 1. The first-order valence-electron chi connectivity index (χ1n) is 6.99. The monoisotopic (exact) mass is 320 g/mol. The van der Waals surface area contributed by atoms with Crippen LogP contribution in [0.1, 0.15) is 39.2 Å². The van der Waals surface area contributed by atoms with E-state index in [1.807, 2.05) is 20.8 Å². The van der Waals surface area contributed by atoms with Crippen molar-refractivity contribution in [2.45, 2.75) is 51.1 Å². The smallest absolute Gasteiger partial charge is 0.243 e. The van der Waals surface area contributed by atoms with Crippen LogP contribution in [-0.2, 0) is 16.6 Å². The molecule has 0 atom stereocenters. The van der Waals surface area contributed by atoms with Gasteiger partial charge < -0.3 is 5.32 Å². The van der Waals surface area contributed by atoms with Gasteiger partial charge in [-0.05, 0) is 24.1 Å². The summed E-state index contributed by atoms with van der Waals surface area (Å²) in [5.41, 5.74) is 0.387. The van der Waals surface area contributed by atoms with Crippen LogP contribution in [0, 0.1) is 11.6 Å². The SMILES string of the molecule is CCCCNS(=O)(=O)c1cc(CNC(C)C)cc(F)c1F. The average molecular weight is 320 g/mol. The molecule has 2 N–H and O–H groups in total. The zero-order valence-electron chi connectivity index (χ0n) is 12.5. The van der Waals surface area contributed by atoms with E-state index in [1.54, 1.807) is 0 Å². The van der Waals surface area contributed by atoms with Gasteiger partial charge in [0.25, 0.3) is 0 Å². The van der Waals surface area contributed by atoms with Crippen LogP contribution in [0.25, 0.3) is 0 Å². The third kappa shape index (κ3) is 5.33. The van der Waals surface area contributed by atoms with Gasteiger partial charge in [-0.1, -0.05) is 27.2 Å². The van der Waals surface area contributed by atoms with E-state index in [-0.39, 0.29) is 19.1 Å². The first-order chi connectivity index (χ1) is 9.77. The molecule has 0 fully saturated rings. The largest absolute Gasteiger partial charge is 0.310 e. The highest BCUT2D eigenvalue weighted by atomic mass is 32.2. The first-order valence-corrected chi connectivity index (χ1v) is 8.47. The van der Waals surface area contributed by atoms with E-state index in [0.717, 1.165) is 12.5 Å². The van der Waals surface area contributed by atoms with E-state index in [9.17, 15) is 17.2 Å². The van der Waals surface area contributed by atoms with Gasteiger partial charge in [-0.15, -0.1) is 0 Å². The molecule has 1 aromatic rings. The zero-order valence-corrected chi connectivity index (χ0v) is 13.4. The van der Waals surface area contributed by atoms with Crippen LogP contribution in [0.4, 0.5) is 8.78 Å². The van der Waals surface area contributed by atoms with Gasteiger partial charge in [0.05, 0.1) is 0 Å². The first kappa shape index (κ1) is 18.0. The molecule has 4 nitrogen and oxygen atoms in total. The van der Waals surface area contributed by atoms with E-state index in [1.165, 1.54) is 6.07 Å². The Morgan fingerprint density at radius 1 is 1.24 bits per heavy atom. The van der Waals surface area contributed by atoms with Crippen molar-refractivity contribution < 1.29 is 17.2 Å². The summed E-state index contributed by atoms with van der Waals surface area (Å²) < 4.78 is 53.7. The highest BCUT2D eigenvalue weighted by Crippen LogP contribution is 2.20. The number of unbranched alkanes of at least 4 members (excludes halogenated alkanes) is 1. The van der Waals surface area contributed by atoms with Gasteiger partial charge in [0.1, 0.15) is 4.90 Å². The summed E-state index contributed by atoms with van der Waals surface area (Å²) >= 11 is 0. The predicted molar refractivity (Wildman–Crippen MR) is 78.4 cm³/mol. The van der Waals surface area contributed by atoms with Crippen molar-refractivity contribution in [3.05, 3.63) is 29.3 Å². The van der Waals surface area contributed by atoms with Crippen molar-refractivity contribution in [3.63, 3.8) is 0 Å². The van der Waals surface area contributed by atoms with Crippen molar-refractivity contribution in [2.75, 3.05) is 6.54 Å². The minimum Gasteiger partial charge on any atom is -0.310 e. The lowest BCUT2D eigenvalue weighted by Gasteiger charge is -2.12. The Morgan fingerprint density at radius 3 is 2.48 bits per heavy atom. The fraction of sp³-hybridized carbons (Fsp3) is 0.571. The molecule has 0 aromatic heterocycles. The number of halogens is 2. The number of rotatable bonds is 8. The van der Waals surface area contributed by atoms with Crippen LogP contribution >= 0.6 is 0 Å². The molecule has 0 heterocycles. The van der Waals surface area contributed by atoms with E-state index >= 15 is 0 Å². The van der Waals surface area contributed by atoms with Crippen molar-refractivity contribution in [2.24, 2.45) is 0 Å². The zero-order chi connectivity index (χ0) is 16.0. The molecular formula is C14H22F2N2O2S. The predicted octanol–water partition coefficient (Wildman–Crippen LogP) is 2.54. The highest BCUT2D eigenvalue weighted by molar-refractivity contribution is 7.89. The minimum atomic E-state index is -4.04. The molecule has 0 aliphatic carbocycles. The van der Waals surface area contributed by atoms with Gasteiger partial charge in [0.15, 0.2) is 11.6 Å². The van der Waals surface area contributed by atoms with Crippen LogP contribution in [0.15, 0.2) is 17.0 Å². The van der Waals surface area contributed by atoms with Crippen LogP contribution in [0.5, 0.6) is 0 Å². The summed E-state index contributed by atoms with van der Waals surface area (Å²) in [5, 5.41) is 3.04. The number of hydrogen-bond acceptors (Lipinski definition) is 3. The van der Waals surface area contributed by atoms with Crippen LogP contribution in [-0.4, -0.2) is 21.0 Å². The van der Waals surface area contributed by atoms with Crippen LogP contribution in [0.3, 0.4) is 0 Å². The van der Waals surface area contributed by atoms with Crippen LogP contribution < -0.4 is 10.0 Å². The number of sulfonamides is 1. The summed E-state index contributed by atoms with van der Waals surface area (Å²) in [6.07, 6.45) is 1.44. The Labute approximate surface area is 125 Å². The van der Waals surface area contributed by atoms with Gasteiger partial charge in [0.2, 0.25) is 10.0 Å². The van der Waals surface area contributed by atoms with E-state index < -0.39 is 26.6 Å². The van der Waals surface area contributed by atoms with Gasteiger partial charge in [0, 0.05) is 19.1 Å². The Morgan fingerprint density at radius 2 is 1.90 bits per heavy atom. The Kier molecular flexibility index (Phi) is 6.70. The molecule has 120 valence electrons. The van der Waals surface area contributed by atoms with Gasteiger partial charge >= 0.3 is 0 Å². The summed E-state index contributed by atoms with van der Waals surface area (Å²) in [5.74, 6) is -2.50. The van der Waals surface area contributed by atoms with Gasteiger partial charge in [-0.2, -0.15) is 0 Å². The fourth-order valence-electron chi connectivity index (χ4n) is 1.70. The number of hydrogen-bond donors (Lipinski definition) is 2. The van der Waals surface area contributed by atoms with E-state index in [2.05, 4.69) is 10.0 Å². The Balaban J connectivity index is 3.04. The maximum Gasteiger partial charge on any atom is 0.243 e. The van der Waals surface area contributed by atoms with Crippen molar-refractivity contribution in [3.8, 4) is 0 Å². The third-order valence-electron chi connectivity index (χ3n) is 2.88. The van der Waals surface area contributed by atoms with Crippen LogP contribution in [0.2, 0.25) is 0 Å². The molecule has 0 radical (unpaired) electrons. The normalized spacial score (nSPS) is 12.1. The highest BCUT2D eigenvalue weighted by Gasteiger charge is 2.22. The molecule has 21 heavy (non-hydrogen) atoms. The molecule has 7 heteroatoms. The average Bonchev–Trinajstić information content (AvgIpc) is 2.39. The molecule has 0 bridgehead atoms. The number of nitrogens with one attached hydrogen (secondary N) is 2. The maximum atomic E-state index is 13.8. The summed E-state index contributed by atoms with van der Waals surface area (Å²) in [6, 6.07) is 2.33. The van der Waals surface area contributed by atoms with Gasteiger partial charge in [-0.3, -0.25) is 0 Å². The topological polar surface area (TPSA) is 58.2 Å². The summed E-state index contributed by atoms with van der Waals surface area (Å²) in [7, 11) is -4.04. The summed E-state index contributed by atoms with van der Waals surface area (Å²) in [6.45, 7) is 6.20. The molecule has 0 unspecified atom stereocenters.